The second-order valence-corrected chi connectivity index (χ2v) is 8.36. The molecule has 0 unspecified atom stereocenters. The Morgan fingerprint density at radius 2 is 1.72 bits per heavy atom. The highest BCUT2D eigenvalue weighted by molar-refractivity contribution is 6.08. The first kappa shape index (κ1) is 23.4. The topological polar surface area (TPSA) is 86.4 Å². The van der Waals surface area contributed by atoms with Crippen LogP contribution in [0, 0.1) is 5.82 Å². The Kier molecular flexibility index (Phi) is 6.35. The number of nitrogens with one attached hydrogen (secondary N) is 1. The summed E-state index contributed by atoms with van der Waals surface area (Å²) >= 11 is 0. The summed E-state index contributed by atoms with van der Waals surface area (Å²) in [6.45, 7) is 2.41. The van der Waals surface area contributed by atoms with Crippen LogP contribution in [0.5, 0.6) is 0 Å². The normalized spacial score (nSPS) is 11.3. The summed E-state index contributed by atoms with van der Waals surface area (Å²) in [5, 5.41) is 3.56. The zero-order valence-corrected chi connectivity index (χ0v) is 19.9. The summed E-state index contributed by atoms with van der Waals surface area (Å²) in [4.78, 5) is 29.2. The predicted molar refractivity (Wildman–Crippen MR) is 137 cm³/mol. The van der Waals surface area contributed by atoms with E-state index in [0.29, 0.717) is 53.2 Å². The fourth-order valence-electron chi connectivity index (χ4n) is 4.18. The minimum Gasteiger partial charge on any atom is -0.452 e. The molecule has 0 saturated heterocycles. The molecule has 1 amide bonds. The van der Waals surface area contributed by atoms with Crippen LogP contribution in [-0.4, -0.2) is 29.2 Å². The lowest BCUT2D eigenvalue weighted by Gasteiger charge is -2.10. The molecule has 2 aromatic heterocycles. The Bertz CT molecular complexity index is 1620. The molecule has 0 atom stereocenters. The molecule has 36 heavy (non-hydrogen) atoms. The lowest BCUT2D eigenvalue weighted by atomic mass is 10.0. The molecular formula is C28H24FN3O4. The average Bonchev–Trinajstić information content (AvgIpc) is 3.27. The SMILES string of the molecule is CCC(=O)Nc1ccc(-c2nc(=O)n(CCOC)c3c2oc2ccc(-c4ccc(F)cc4)cc23)cc1. The standard InChI is InChI=1S/C28H24FN3O4/c1-3-24(33)30-21-11-6-18(7-12-21)25-27-26(32(14-15-35-2)28(34)31-25)22-16-19(8-13-23(22)36-27)17-4-9-20(29)10-5-17/h4-13,16H,3,14-15H2,1-2H3,(H,30,33). The lowest BCUT2D eigenvalue weighted by molar-refractivity contribution is -0.115. The number of methoxy groups -OCH3 is 1. The van der Waals surface area contributed by atoms with Gasteiger partial charge >= 0.3 is 5.69 Å². The van der Waals surface area contributed by atoms with E-state index in [9.17, 15) is 14.0 Å². The van der Waals surface area contributed by atoms with Gasteiger partial charge in [-0.3, -0.25) is 9.36 Å². The monoisotopic (exact) mass is 485 g/mol. The summed E-state index contributed by atoms with van der Waals surface area (Å²) in [7, 11) is 1.57. The summed E-state index contributed by atoms with van der Waals surface area (Å²) in [6.07, 6.45) is 0.378. The predicted octanol–water partition coefficient (Wildman–Crippen LogP) is 5.61. The third-order valence-corrected chi connectivity index (χ3v) is 6.04. The van der Waals surface area contributed by atoms with Crippen molar-refractivity contribution in [2.24, 2.45) is 0 Å². The maximum absolute atomic E-state index is 13.4. The zero-order chi connectivity index (χ0) is 25.2. The van der Waals surface area contributed by atoms with Gasteiger partial charge in [-0.15, -0.1) is 0 Å². The number of furan rings is 1. The fourth-order valence-corrected chi connectivity index (χ4v) is 4.18. The van der Waals surface area contributed by atoms with Crippen molar-refractivity contribution in [3.8, 4) is 22.4 Å². The molecule has 0 bridgehead atoms. The summed E-state index contributed by atoms with van der Waals surface area (Å²) in [5.41, 5.74) is 4.73. The number of ether oxygens (including phenoxy) is 1. The van der Waals surface area contributed by atoms with E-state index >= 15 is 0 Å². The van der Waals surface area contributed by atoms with Gasteiger partial charge in [0, 0.05) is 30.2 Å². The summed E-state index contributed by atoms with van der Waals surface area (Å²) in [5.74, 6) is -0.392. The third-order valence-electron chi connectivity index (χ3n) is 6.04. The fraction of sp³-hybridized carbons (Fsp3) is 0.179. The molecule has 3 aromatic carbocycles. The number of anilines is 1. The van der Waals surface area contributed by atoms with Gasteiger partial charge in [0.15, 0.2) is 5.58 Å². The number of carbonyl (C=O) groups excluding carboxylic acids is 1. The van der Waals surface area contributed by atoms with Gasteiger partial charge in [-0.25, -0.2) is 9.18 Å². The smallest absolute Gasteiger partial charge is 0.348 e. The molecule has 0 aliphatic carbocycles. The molecule has 1 N–H and O–H groups in total. The number of rotatable bonds is 7. The minimum absolute atomic E-state index is 0.0850. The second-order valence-electron chi connectivity index (χ2n) is 8.36. The van der Waals surface area contributed by atoms with Crippen LogP contribution in [0.15, 0.2) is 75.9 Å². The van der Waals surface area contributed by atoms with E-state index < -0.39 is 5.69 Å². The van der Waals surface area contributed by atoms with E-state index in [-0.39, 0.29) is 11.7 Å². The van der Waals surface area contributed by atoms with E-state index in [1.54, 1.807) is 55.0 Å². The zero-order valence-electron chi connectivity index (χ0n) is 19.9. The average molecular weight is 486 g/mol. The first-order valence-corrected chi connectivity index (χ1v) is 11.6. The van der Waals surface area contributed by atoms with Gasteiger partial charge in [0.2, 0.25) is 5.91 Å². The molecule has 0 fully saturated rings. The van der Waals surface area contributed by atoms with Crippen LogP contribution >= 0.6 is 0 Å². The highest BCUT2D eigenvalue weighted by Crippen LogP contribution is 2.36. The van der Waals surface area contributed by atoms with Crippen LogP contribution in [0.4, 0.5) is 10.1 Å². The van der Waals surface area contributed by atoms with Gasteiger partial charge in [-0.05, 0) is 47.5 Å². The minimum atomic E-state index is -0.423. The van der Waals surface area contributed by atoms with Gasteiger partial charge in [0.25, 0.3) is 0 Å². The lowest BCUT2D eigenvalue weighted by Crippen LogP contribution is -2.25. The Balaban J connectivity index is 1.70. The van der Waals surface area contributed by atoms with Crippen LogP contribution in [0.3, 0.4) is 0 Å². The maximum Gasteiger partial charge on any atom is 0.348 e. The van der Waals surface area contributed by atoms with Gasteiger partial charge in [-0.1, -0.05) is 37.3 Å². The van der Waals surface area contributed by atoms with Crippen molar-refractivity contribution in [1.29, 1.82) is 0 Å². The Labute approximate surface area is 206 Å². The largest absolute Gasteiger partial charge is 0.452 e. The number of carbonyl (C=O) groups is 1. The van der Waals surface area contributed by atoms with Crippen molar-refractivity contribution in [2.45, 2.75) is 19.9 Å². The number of benzene rings is 3. The number of aromatic nitrogens is 2. The molecule has 5 rings (SSSR count). The molecule has 182 valence electrons. The molecule has 2 heterocycles. The molecule has 5 aromatic rings. The van der Waals surface area contributed by atoms with E-state index in [4.69, 9.17) is 9.15 Å². The van der Waals surface area contributed by atoms with E-state index in [2.05, 4.69) is 10.3 Å². The van der Waals surface area contributed by atoms with Crippen molar-refractivity contribution in [3.63, 3.8) is 0 Å². The molecular weight excluding hydrogens is 461 g/mol. The number of nitrogens with zero attached hydrogens (tertiary/aromatic N) is 2. The first-order chi connectivity index (χ1) is 17.5. The van der Waals surface area contributed by atoms with E-state index in [1.165, 1.54) is 12.1 Å². The Morgan fingerprint density at radius 1 is 1.03 bits per heavy atom. The van der Waals surface area contributed by atoms with E-state index in [1.807, 2.05) is 18.2 Å². The first-order valence-electron chi connectivity index (χ1n) is 11.6. The van der Waals surface area contributed by atoms with Crippen molar-refractivity contribution < 1.29 is 18.3 Å². The van der Waals surface area contributed by atoms with Gasteiger partial charge < -0.3 is 14.5 Å². The van der Waals surface area contributed by atoms with Crippen molar-refractivity contribution in [1.82, 2.24) is 9.55 Å². The summed E-state index contributed by atoms with van der Waals surface area (Å²) < 4.78 is 26.5. The molecule has 0 spiro atoms. The van der Waals surface area contributed by atoms with Gasteiger partial charge in [0.05, 0.1) is 13.2 Å². The molecule has 0 aliphatic heterocycles. The highest BCUT2D eigenvalue weighted by atomic mass is 19.1. The molecule has 7 nitrogen and oxygen atoms in total. The highest BCUT2D eigenvalue weighted by Gasteiger charge is 2.20. The van der Waals surface area contributed by atoms with Crippen molar-refractivity contribution in [2.75, 3.05) is 19.0 Å². The third kappa shape index (κ3) is 4.38. The van der Waals surface area contributed by atoms with Crippen LogP contribution in [0.25, 0.3) is 44.5 Å². The molecule has 0 saturated carbocycles. The van der Waals surface area contributed by atoms with Crippen LogP contribution < -0.4 is 11.0 Å². The quantitative estimate of drug-likeness (QED) is 0.324. The summed E-state index contributed by atoms with van der Waals surface area (Å²) in [6, 6.07) is 19.0. The molecule has 8 heteroatoms. The van der Waals surface area contributed by atoms with Crippen LogP contribution in [0.1, 0.15) is 13.3 Å². The van der Waals surface area contributed by atoms with Gasteiger partial charge in [-0.2, -0.15) is 4.98 Å². The Morgan fingerprint density at radius 3 is 2.42 bits per heavy atom. The Hall–Kier alpha value is -4.30. The molecule has 0 radical (unpaired) electrons. The van der Waals surface area contributed by atoms with Crippen molar-refractivity contribution in [3.05, 3.63) is 83.0 Å². The maximum atomic E-state index is 13.4. The van der Waals surface area contributed by atoms with Crippen molar-refractivity contribution >= 4 is 33.7 Å². The number of hydrogen-bond donors (Lipinski definition) is 1. The number of fused-ring (bicyclic) bond motifs is 3. The van der Waals surface area contributed by atoms with E-state index in [0.717, 1.165) is 16.5 Å². The second kappa shape index (κ2) is 9.75. The van der Waals surface area contributed by atoms with Crippen LogP contribution in [0.2, 0.25) is 0 Å². The molecule has 0 aliphatic rings. The van der Waals surface area contributed by atoms with Crippen LogP contribution in [-0.2, 0) is 16.1 Å². The number of halogens is 1. The number of amides is 1. The number of hydrogen-bond acceptors (Lipinski definition) is 5. The van der Waals surface area contributed by atoms with Gasteiger partial charge in [0.1, 0.15) is 22.6 Å².